The molecule has 29 heavy (non-hydrogen) atoms. The Morgan fingerprint density at radius 2 is 1.62 bits per heavy atom. The summed E-state index contributed by atoms with van der Waals surface area (Å²) in [5, 5.41) is 0. The van der Waals surface area contributed by atoms with E-state index in [0.29, 0.717) is 23.7 Å². The van der Waals surface area contributed by atoms with Crippen LogP contribution in [0.1, 0.15) is 29.3 Å². The Kier molecular flexibility index (Phi) is 7.47. The van der Waals surface area contributed by atoms with Crippen molar-refractivity contribution in [2.45, 2.75) is 18.9 Å². The number of nitrogens with zero attached hydrogens (tertiary/aromatic N) is 1. The summed E-state index contributed by atoms with van der Waals surface area (Å²) < 4.78 is 21.5. The summed E-state index contributed by atoms with van der Waals surface area (Å²) in [6.45, 7) is 1.94. The molecule has 7 nitrogen and oxygen atoms in total. The Hall–Kier alpha value is -3.22. The van der Waals surface area contributed by atoms with Crippen molar-refractivity contribution >= 4 is 12.4 Å². The number of likely N-dealkylation sites (N-methyl/N-ethyl adjacent to an activating group) is 1. The van der Waals surface area contributed by atoms with Crippen LogP contribution >= 0.6 is 0 Å². The molecule has 1 atom stereocenters. The first-order valence-corrected chi connectivity index (χ1v) is 9.18. The van der Waals surface area contributed by atoms with E-state index in [2.05, 4.69) is 0 Å². The fourth-order valence-corrected chi connectivity index (χ4v) is 3.26. The molecule has 0 saturated heterocycles. The summed E-state index contributed by atoms with van der Waals surface area (Å²) in [4.78, 5) is 25.9. The molecule has 0 fully saturated rings. The smallest absolute Gasteiger partial charge is 0.338 e. The highest BCUT2D eigenvalue weighted by Gasteiger charge is 2.36. The lowest BCUT2D eigenvalue weighted by atomic mass is 9.86. The molecule has 2 aromatic carbocycles. The molecule has 0 spiro atoms. The fourth-order valence-electron chi connectivity index (χ4n) is 3.26. The number of carbonyl (C=O) groups is 2. The minimum atomic E-state index is -0.778. The van der Waals surface area contributed by atoms with Crippen molar-refractivity contribution in [3.8, 4) is 17.2 Å². The largest absolute Gasteiger partial charge is 0.493 e. The van der Waals surface area contributed by atoms with Gasteiger partial charge in [0.1, 0.15) is 12.1 Å². The van der Waals surface area contributed by atoms with Crippen LogP contribution in [0.4, 0.5) is 0 Å². The second-order valence-electron chi connectivity index (χ2n) is 6.46. The van der Waals surface area contributed by atoms with E-state index in [1.165, 1.54) is 38.4 Å². The molecule has 0 saturated carbocycles. The average Bonchev–Trinajstić information content (AvgIpc) is 2.78. The van der Waals surface area contributed by atoms with Crippen molar-refractivity contribution < 1.29 is 28.5 Å². The van der Waals surface area contributed by atoms with Gasteiger partial charge in [-0.25, -0.2) is 4.79 Å². The van der Waals surface area contributed by atoms with E-state index in [-0.39, 0.29) is 12.2 Å². The Morgan fingerprint density at radius 3 is 2.07 bits per heavy atom. The van der Waals surface area contributed by atoms with Gasteiger partial charge in [0.05, 0.1) is 26.9 Å². The third kappa shape index (κ3) is 4.45. The van der Waals surface area contributed by atoms with Gasteiger partial charge in [0.15, 0.2) is 11.5 Å². The molecule has 0 aliphatic heterocycles. The Balaban J connectivity index is 2.35. The maximum atomic E-state index is 12.8. The Bertz CT molecular complexity index is 813. The molecule has 1 unspecified atom stereocenters. The van der Waals surface area contributed by atoms with Gasteiger partial charge in [0.25, 0.3) is 0 Å². The van der Waals surface area contributed by atoms with Crippen LogP contribution < -0.4 is 14.2 Å². The molecule has 0 aliphatic carbocycles. The quantitative estimate of drug-likeness (QED) is 0.449. The molecule has 0 aliphatic rings. The van der Waals surface area contributed by atoms with Crippen molar-refractivity contribution in [1.82, 2.24) is 4.90 Å². The predicted molar refractivity (Wildman–Crippen MR) is 109 cm³/mol. The normalized spacial score (nSPS) is 12.4. The number of ether oxygens (including phenoxy) is 4. The molecule has 156 valence electrons. The number of hydrogen-bond acceptors (Lipinski definition) is 6. The van der Waals surface area contributed by atoms with E-state index in [4.69, 9.17) is 18.9 Å². The van der Waals surface area contributed by atoms with Crippen LogP contribution in [0.5, 0.6) is 17.2 Å². The van der Waals surface area contributed by atoms with E-state index < -0.39 is 11.5 Å². The van der Waals surface area contributed by atoms with Gasteiger partial charge >= 0.3 is 5.97 Å². The lowest BCUT2D eigenvalue weighted by Gasteiger charge is -2.39. The van der Waals surface area contributed by atoms with Crippen LogP contribution in [0.15, 0.2) is 42.5 Å². The minimum Gasteiger partial charge on any atom is -0.493 e. The SMILES string of the molecule is CCC(COC(=O)c1cc(OC)c(OC)c(OC)c1)(c1ccccc1)N(C)C=O. The lowest BCUT2D eigenvalue weighted by molar-refractivity contribution is -0.124. The fraction of sp³-hybridized carbons (Fsp3) is 0.364. The minimum absolute atomic E-state index is 0.00174. The molecule has 0 heterocycles. The first kappa shape index (κ1) is 22.1. The van der Waals surface area contributed by atoms with Gasteiger partial charge in [-0.3, -0.25) is 4.79 Å². The van der Waals surface area contributed by atoms with E-state index in [1.807, 2.05) is 37.3 Å². The standard InChI is InChI=1S/C22H27NO6/c1-6-22(23(2)15-24,17-10-8-7-9-11-17)14-29-21(25)16-12-18(26-3)20(28-5)19(13-16)27-4/h7-13,15H,6,14H2,1-5H3. The first-order chi connectivity index (χ1) is 14.0. The highest BCUT2D eigenvalue weighted by Crippen LogP contribution is 2.38. The molecule has 2 rings (SSSR count). The number of methoxy groups -OCH3 is 3. The molecular weight excluding hydrogens is 374 g/mol. The van der Waals surface area contributed by atoms with Gasteiger partial charge in [0.2, 0.25) is 12.2 Å². The van der Waals surface area contributed by atoms with Gasteiger partial charge in [-0.05, 0) is 24.1 Å². The summed E-state index contributed by atoms with van der Waals surface area (Å²) in [6, 6.07) is 12.6. The van der Waals surface area contributed by atoms with Gasteiger partial charge in [-0.1, -0.05) is 37.3 Å². The van der Waals surface area contributed by atoms with Crippen LogP contribution in [0.25, 0.3) is 0 Å². The molecule has 0 radical (unpaired) electrons. The topological polar surface area (TPSA) is 74.3 Å². The molecule has 0 aromatic heterocycles. The van der Waals surface area contributed by atoms with Crippen molar-refractivity contribution in [2.24, 2.45) is 0 Å². The van der Waals surface area contributed by atoms with Crippen molar-refractivity contribution in [1.29, 1.82) is 0 Å². The van der Waals surface area contributed by atoms with Crippen LogP contribution in [0, 0.1) is 0 Å². The van der Waals surface area contributed by atoms with E-state index in [9.17, 15) is 9.59 Å². The van der Waals surface area contributed by atoms with Gasteiger partial charge < -0.3 is 23.8 Å². The average molecular weight is 401 g/mol. The van der Waals surface area contributed by atoms with Gasteiger partial charge in [0, 0.05) is 7.05 Å². The number of carbonyl (C=O) groups excluding carboxylic acids is 2. The number of amides is 1. The second kappa shape index (κ2) is 9.82. The second-order valence-corrected chi connectivity index (χ2v) is 6.46. The summed E-state index contributed by atoms with van der Waals surface area (Å²) in [6.07, 6.45) is 1.30. The zero-order valence-corrected chi connectivity index (χ0v) is 17.4. The Labute approximate surface area is 171 Å². The van der Waals surface area contributed by atoms with E-state index >= 15 is 0 Å². The van der Waals surface area contributed by atoms with Crippen molar-refractivity contribution in [3.05, 3.63) is 53.6 Å². The molecule has 2 aromatic rings. The number of benzene rings is 2. The van der Waals surface area contributed by atoms with Gasteiger partial charge in [-0.15, -0.1) is 0 Å². The first-order valence-electron chi connectivity index (χ1n) is 9.18. The van der Waals surface area contributed by atoms with Crippen LogP contribution in [-0.4, -0.2) is 52.3 Å². The van der Waals surface area contributed by atoms with Crippen LogP contribution in [0.2, 0.25) is 0 Å². The summed E-state index contributed by atoms with van der Waals surface area (Å²) in [5.74, 6) is 0.541. The maximum Gasteiger partial charge on any atom is 0.338 e. The van der Waals surface area contributed by atoms with Crippen molar-refractivity contribution in [3.63, 3.8) is 0 Å². The summed E-state index contributed by atoms with van der Waals surface area (Å²) in [7, 11) is 6.12. The highest BCUT2D eigenvalue weighted by atomic mass is 16.5. The number of rotatable bonds is 10. The predicted octanol–water partition coefficient (Wildman–Crippen LogP) is 3.26. The molecule has 0 bridgehead atoms. The zero-order valence-electron chi connectivity index (χ0n) is 17.4. The molecule has 0 N–H and O–H groups in total. The van der Waals surface area contributed by atoms with Crippen LogP contribution in [-0.2, 0) is 15.1 Å². The third-order valence-electron chi connectivity index (χ3n) is 5.07. The van der Waals surface area contributed by atoms with E-state index in [1.54, 1.807) is 7.05 Å². The van der Waals surface area contributed by atoms with Gasteiger partial charge in [-0.2, -0.15) is 0 Å². The van der Waals surface area contributed by atoms with Crippen LogP contribution in [0.3, 0.4) is 0 Å². The maximum absolute atomic E-state index is 12.8. The summed E-state index contributed by atoms with van der Waals surface area (Å²) >= 11 is 0. The Morgan fingerprint density at radius 1 is 1.03 bits per heavy atom. The summed E-state index contributed by atoms with van der Waals surface area (Å²) in [5.41, 5.74) is 0.361. The number of esters is 1. The lowest BCUT2D eigenvalue weighted by Crippen LogP contribution is -2.47. The monoisotopic (exact) mass is 401 g/mol. The van der Waals surface area contributed by atoms with Crippen molar-refractivity contribution in [2.75, 3.05) is 35.0 Å². The zero-order chi connectivity index (χ0) is 21.4. The molecule has 7 heteroatoms. The number of hydrogen-bond donors (Lipinski definition) is 0. The molecular formula is C22H27NO6. The highest BCUT2D eigenvalue weighted by molar-refractivity contribution is 5.91. The molecule has 1 amide bonds. The van der Waals surface area contributed by atoms with E-state index in [0.717, 1.165) is 12.0 Å². The third-order valence-corrected chi connectivity index (χ3v) is 5.07.